The third-order valence-corrected chi connectivity index (χ3v) is 5.22. The van der Waals surface area contributed by atoms with Crippen LogP contribution in [0.2, 0.25) is 0 Å². The lowest BCUT2D eigenvalue weighted by Crippen LogP contribution is -2.40. The maximum atomic E-state index is 12.3. The Kier molecular flexibility index (Phi) is 7.16. The van der Waals surface area contributed by atoms with Crippen molar-refractivity contribution < 1.29 is 13.2 Å². The normalized spacial score (nSPS) is 11.2. The minimum atomic E-state index is -3.49. The number of nitrogens with zero attached hydrogens (tertiary/aromatic N) is 1. The molecule has 0 bridgehead atoms. The van der Waals surface area contributed by atoms with Gasteiger partial charge in [-0.3, -0.25) is 4.79 Å². The molecule has 0 aliphatic heterocycles. The number of carbonyl (C=O) groups is 1. The molecule has 0 aromatic heterocycles. The van der Waals surface area contributed by atoms with Crippen molar-refractivity contribution in [2.45, 2.75) is 19.9 Å². The maximum Gasteiger partial charge on any atom is 0.237 e. The topological polar surface area (TPSA) is 66.5 Å². The van der Waals surface area contributed by atoms with Crippen molar-refractivity contribution in [2.24, 2.45) is 0 Å². The molecular formula is C19H24N2O3S. The van der Waals surface area contributed by atoms with Gasteiger partial charge in [0.15, 0.2) is 0 Å². The number of sulfonamides is 1. The summed E-state index contributed by atoms with van der Waals surface area (Å²) < 4.78 is 26.6. The molecular weight excluding hydrogens is 336 g/mol. The molecule has 0 unspecified atom stereocenters. The van der Waals surface area contributed by atoms with Crippen LogP contribution < -0.4 is 4.72 Å². The van der Waals surface area contributed by atoms with Gasteiger partial charge < -0.3 is 4.90 Å². The van der Waals surface area contributed by atoms with Gasteiger partial charge in [-0.05, 0) is 24.5 Å². The van der Waals surface area contributed by atoms with Gasteiger partial charge in [-0.1, -0.05) is 60.7 Å². The second-order valence-corrected chi connectivity index (χ2v) is 7.70. The lowest BCUT2D eigenvalue weighted by atomic mass is 10.2. The van der Waals surface area contributed by atoms with Gasteiger partial charge in [0.1, 0.15) is 0 Å². The Morgan fingerprint density at radius 1 is 0.960 bits per heavy atom. The van der Waals surface area contributed by atoms with Crippen molar-refractivity contribution >= 4 is 15.9 Å². The quantitative estimate of drug-likeness (QED) is 0.745. The van der Waals surface area contributed by atoms with E-state index in [1.807, 2.05) is 67.6 Å². The van der Waals surface area contributed by atoms with E-state index in [1.165, 1.54) is 0 Å². The number of likely N-dealkylation sites (N-methyl/N-ethyl adjacent to an activating group) is 1. The van der Waals surface area contributed by atoms with Crippen LogP contribution in [0, 0.1) is 0 Å². The van der Waals surface area contributed by atoms with E-state index in [-0.39, 0.29) is 18.2 Å². The molecule has 1 N–H and O–H groups in total. The third-order valence-electron chi connectivity index (χ3n) is 3.90. The van der Waals surface area contributed by atoms with Crippen LogP contribution in [0.5, 0.6) is 0 Å². The highest BCUT2D eigenvalue weighted by atomic mass is 32.2. The standard InChI is InChI=1S/C19H24N2O3S/c1-2-21(16-18-11-7-4-8-12-18)19(22)15-20-25(23,24)14-13-17-9-5-3-6-10-17/h3-12,20H,2,13-16H2,1H3. The number of hydrogen-bond acceptors (Lipinski definition) is 3. The van der Waals surface area contributed by atoms with Gasteiger partial charge in [0, 0.05) is 13.1 Å². The smallest absolute Gasteiger partial charge is 0.237 e. The summed E-state index contributed by atoms with van der Waals surface area (Å²) in [5, 5.41) is 0. The van der Waals surface area contributed by atoms with E-state index in [0.717, 1.165) is 11.1 Å². The van der Waals surface area contributed by atoms with Gasteiger partial charge in [0.05, 0.1) is 12.3 Å². The Balaban J connectivity index is 1.84. The zero-order valence-corrected chi connectivity index (χ0v) is 15.2. The monoisotopic (exact) mass is 360 g/mol. The van der Waals surface area contributed by atoms with Crippen molar-refractivity contribution in [1.29, 1.82) is 0 Å². The molecule has 2 rings (SSSR count). The molecule has 0 radical (unpaired) electrons. The molecule has 0 saturated heterocycles. The first-order valence-electron chi connectivity index (χ1n) is 8.33. The van der Waals surface area contributed by atoms with E-state index in [4.69, 9.17) is 0 Å². The molecule has 0 aliphatic rings. The fraction of sp³-hybridized carbons (Fsp3) is 0.316. The van der Waals surface area contributed by atoms with Gasteiger partial charge in [-0.2, -0.15) is 0 Å². The molecule has 0 heterocycles. The molecule has 6 heteroatoms. The van der Waals surface area contributed by atoms with Crippen LogP contribution in [0.3, 0.4) is 0 Å². The van der Waals surface area contributed by atoms with Crippen LogP contribution >= 0.6 is 0 Å². The van der Waals surface area contributed by atoms with Crippen molar-refractivity contribution in [2.75, 3.05) is 18.8 Å². The number of nitrogens with one attached hydrogen (secondary N) is 1. The van der Waals surface area contributed by atoms with Crippen LogP contribution in [0.1, 0.15) is 18.1 Å². The van der Waals surface area contributed by atoms with E-state index in [1.54, 1.807) is 4.90 Å². The van der Waals surface area contributed by atoms with Crippen molar-refractivity contribution in [1.82, 2.24) is 9.62 Å². The third kappa shape index (κ3) is 6.68. The van der Waals surface area contributed by atoms with E-state index >= 15 is 0 Å². The van der Waals surface area contributed by atoms with Gasteiger partial charge >= 0.3 is 0 Å². The average molecular weight is 360 g/mol. The first-order chi connectivity index (χ1) is 12.0. The molecule has 2 aromatic carbocycles. The Bertz CT molecular complexity index is 762. The minimum Gasteiger partial charge on any atom is -0.338 e. The van der Waals surface area contributed by atoms with Crippen LogP contribution in [0.15, 0.2) is 60.7 Å². The highest BCUT2D eigenvalue weighted by Gasteiger charge is 2.16. The molecule has 5 nitrogen and oxygen atoms in total. The van der Waals surface area contributed by atoms with Gasteiger partial charge in [0.25, 0.3) is 0 Å². The van der Waals surface area contributed by atoms with Gasteiger partial charge in [-0.25, -0.2) is 13.1 Å². The Morgan fingerprint density at radius 2 is 1.52 bits per heavy atom. The highest BCUT2D eigenvalue weighted by molar-refractivity contribution is 7.89. The van der Waals surface area contributed by atoms with E-state index in [0.29, 0.717) is 19.5 Å². The van der Waals surface area contributed by atoms with E-state index in [9.17, 15) is 13.2 Å². The Hall–Kier alpha value is -2.18. The first kappa shape index (κ1) is 19.1. The predicted molar refractivity (Wildman–Crippen MR) is 99.5 cm³/mol. The summed E-state index contributed by atoms with van der Waals surface area (Å²) >= 11 is 0. The zero-order valence-electron chi connectivity index (χ0n) is 14.4. The number of carbonyl (C=O) groups excluding carboxylic acids is 1. The number of hydrogen-bond donors (Lipinski definition) is 1. The highest BCUT2D eigenvalue weighted by Crippen LogP contribution is 2.05. The number of amides is 1. The molecule has 0 atom stereocenters. The largest absolute Gasteiger partial charge is 0.338 e. The minimum absolute atomic E-state index is 0.0326. The summed E-state index contributed by atoms with van der Waals surface area (Å²) in [6.07, 6.45) is 0.422. The van der Waals surface area contributed by atoms with Crippen LogP contribution in [-0.4, -0.2) is 38.1 Å². The second-order valence-electron chi connectivity index (χ2n) is 5.77. The van der Waals surface area contributed by atoms with Crippen molar-refractivity contribution in [3.8, 4) is 0 Å². The van der Waals surface area contributed by atoms with E-state index in [2.05, 4.69) is 4.72 Å². The molecule has 0 saturated carbocycles. The molecule has 2 aromatic rings. The molecule has 1 amide bonds. The average Bonchev–Trinajstić information content (AvgIpc) is 2.64. The van der Waals surface area contributed by atoms with Crippen molar-refractivity contribution in [3.05, 3.63) is 71.8 Å². The van der Waals surface area contributed by atoms with Crippen molar-refractivity contribution in [3.63, 3.8) is 0 Å². The molecule has 134 valence electrons. The SMILES string of the molecule is CCN(Cc1ccccc1)C(=O)CNS(=O)(=O)CCc1ccccc1. The number of aryl methyl sites for hydroxylation is 1. The van der Waals surface area contributed by atoms with Gasteiger partial charge in [0.2, 0.25) is 15.9 Å². The van der Waals surface area contributed by atoms with Crippen LogP contribution in [0.25, 0.3) is 0 Å². The van der Waals surface area contributed by atoms with Gasteiger partial charge in [-0.15, -0.1) is 0 Å². The molecule has 0 spiro atoms. The van der Waals surface area contributed by atoms with Crippen LogP contribution in [-0.2, 0) is 27.8 Å². The maximum absolute atomic E-state index is 12.3. The Morgan fingerprint density at radius 3 is 2.08 bits per heavy atom. The summed E-state index contributed by atoms with van der Waals surface area (Å²) in [6, 6.07) is 19.1. The molecule has 0 aliphatic carbocycles. The summed E-state index contributed by atoms with van der Waals surface area (Å²) in [4.78, 5) is 13.9. The van der Waals surface area contributed by atoms with Crippen LogP contribution in [0.4, 0.5) is 0 Å². The summed E-state index contributed by atoms with van der Waals surface area (Å²) in [5.74, 6) is -0.260. The Labute approximate surface area is 149 Å². The lowest BCUT2D eigenvalue weighted by Gasteiger charge is -2.21. The molecule has 0 fully saturated rings. The predicted octanol–water partition coefficient (Wildman–Crippen LogP) is 2.20. The second kappa shape index (κ2) is 9.34. The first-order valence-corrected chi connectivity index (χ1v) is 9.98. The number of benzene rings is 2. The summed E-state index contributed by atoms with van der Waals surface area (Å²) in [7, 11) is -3.49. The summed E-state index contributed by atoms with van der Waals surface area (Å²) in [5.41, 5.74) is 1.98. The fourth-order valence-corrected chi connectivity index (χ4v) is 3.42. The number of rotatable bonds is 9. The fourth-order valence-electron chi connectivity index (χ4n) is 2.43. The molecule has 25 heavy (non-hydrogen) atoms. The van der Waals surface area contributed by atoms with E-state index < -0.39 is 10.0 Å². The lowest BCUT2D eigenvalue weighted by molar-refractivity contribution is -0.130. The summed E-state index contributed by atoms with van der Waals surface area (Å²) in [6.45, 7) is 2.67. The zero-order chi connectivity index (χ0) is 18.1.